The zero-order valence-corrected chi connectivity index (χ0v) is 13.6. The Morgan fingerprint density at radius 1 is 1.18 bits per heavy atom. The lowest BCUT2D eigenvalue weighted by Crippen LogP contribution is -2.26. The van der Waals surface area contributed by atoms with Crippen molar-refractivity contribution in [1.82, 2.24) is 0 Å². The highest BCUT2D eigenvalue weighted by Crippen LogP contribution is 2.13. The van der Waals surface area contributed by atoms with Gasteiger partial charge in [0.15, 0.2) is 18.5 Å². The Hall–Kier alpha value is -1.88. The number of ether oxygens (including phenoxy) is 3. The molecule has 0 amide bonds. The van der Waals surface area contributed by atoms with Gasteiger partial charge < -0.3 is 14.2 Å². The second-order valence-electron chi connectivity index (χ2n) is 5.46. The summed E-state index contributed by atoms with van der Waals surface area (Å²) >= 11 is 0. The van der Waals surface area contributed by atoms with Gasteiger partial charge in [-0.2, -0.15) is 0 Å². The topological polar surface area (TPSA) is 61.8 Å². The molecule has 1 atom stereocenters. The molecule has 0 aliphatic carbocycles. The zero-order valence-electron chi connectivity index (χ0n) is 13.6. The summed E-state index contributed by atoms with van der Waals surface area (Å²) in [6.45, 7) is 5.98. The van der Waals surface area contributed by atoms with Crippen LogP contribution in [0.5, 0.6) is 5.75 Å². The third-order valence-corrected chi connectivity index (χ3v) is 3.13. The van der Waals surface area contributed by atoms with Crippen LogP contribution in [0, 0.1) is 5.92 Å². The third-order valence-electron chi connectivity index (χ3n) is 3.13. The number of hydrogen-bond acceptors (Lipinski definition) is 5. The Bertz CT molecular complexity index is 496. The van der Waals surface area contributed by atoms with Crippen molar-refractivity contribution in [3.8, 4) is 5.75 Å². The summed E-state index contributed by atoms with van der Waals surface area (Å²) in [6.07, 6.45) is 0.206. The Labute approximate surface area is 131 Å². The number of methoxy groups -OCH3 is 1. The highest BCUT2D eigenvalue weighted by Gasteiger charge is 2.17. The van der Waals surface area contributed by atoms with Gasteiger partial charge in [0.05, 0.1) is 7.11 Å². The maximum Gasteiger partial charge on any atom is 0.335 e. The molecule has 122 valence electrons. The van der Waals surface area contributed by atoms with Crippen LogP contribution in [0.15, 0.2) is 24.3 Å². The molecule has 0 saturated carbocycles. The van der Waals surface area contributed by atoms with Crippen molar-refractivity contribution in [3.63, 3.8) is 0 Å². The predicted octanol–water partition coefficient (Wildman–Crippen LogP) is 2.87. The van der Waals surface area contributed by atoms with Crippen LogP contribution in [0.3, 0.4) is 0 Å². The molecule has 1 aromatic rings. The van der Waals surface area contributed by atoms with Crippen molar-refractivity contribution in [2.75, 3.05) is 20.3 Å². The standard InChI is InChI=1S/C17H24O5/c1-12(2)8-9-21-13(3)17(19)22-11-16(18)14-6-5-7-15(10-14)20-4/h5-7,10,12-13H,8-9,11H2,1-4H3. The Balaban J connectivity index is 2.40. The largest absolute Gasteiger partial charge is 0.497 e. The second-order valence-corrected chi connectivity index (χ2v) is 5.46. The first-order valence-corrected chi connectivity index (χ1v) is 7.39. The molecule has 0 aromatic heterocycles. The second kappa shape index (κ2) is 9.20. The summed E-state index contributed by atoms with van der Waals surface area (Å²) in [6, 6.07) is 6.72. The summed E-state index contributed by atoms with van der Waals surface area (Å²) in [5, 5.41) is 0. The number of benzene rings is 1. The van der Waals surface area contributed by atoms with E-state index in [-0.39, 0.29) is 12.4 Å². The lowest BCUT2D eigenvalue weighted by molar-refractivity contribution is -0.155. The van der Waals surface area contributed by atoms with E-state index in [9.17, 15) is 9.59 Å². The average Bonchev–Trinajstić information content (AvgIpc) is 2.51. The van der Waals surface area contributed by atoms with Crippen molar-refractivity contribution < 1.29 is 23.8 Å². The summed E-state index contributed by atoms with van der Waals surface area (Å²) in [7, 11) is 1.53. The van der Waals surface area contributed by atoms with E-state index in [1.165, 1.54) is 7.11 Å². The van der Waals surface area contributed by atoms with E-state index < -0.39 is 12.1 Å². The molecule has 0 heterocycles. The number of carbonyl (C=O) groups is 2. The van der Waals surface area contributed by atoms with Crippen LogP contribution in [0.1, 0.15) is 37.6 Å². The maximum atomic E-state index is 12.0. The minimum atomic E-state index is -0.670. The SMILES string of the molecule is COc1cccc(C(=O)COC(=O)C(C)OCCC(C)C)c1. The number of esters is 1. The van der Waals surface area contributed by atoms with Crippen LogP contribution < -0.4 is 4.74 Å². The average molecular weight is 308 g/mol. The number of carbonyl (C=O) groups excluding carboxylic acids is 2. The Morgan fingerprint density at radius 3 is 2.55 bits per heavy atom. The van der Waals surface area contributed by atoms with Crippen LogP contribution >= 0.6 is 0 Å². The van der Waals surface area contributed by atoms with E-state index in [0.29, 0.717) is 23.8 Å². The Kier molecular flexibility index (Phi) is 7.60. The molecule has 0 saturated heterocycles. The van der Waals surface area contributed by atoms with E-state index in [4.69, 9.17) is 14.2 Å². The van der Waals surface area contributed by atoms with Gasteiger partial charge in [0.1, 0.15) is 5.75 Å². The molecule has 1 aromatic carbocycles. The van der Waals surface area contributed by atoms with Crippen LogP contribution in [-0.2, 0) is 14.3 Å². The van der Waals surface area contributed by atoms with Crippen LogP contribution in [-0.4, -0.2) is 38.2 Å². The minimum absolute atomic E-state index is 0.276. The molecule has 0 fully saturated rings. The van der Waals surface area contributed by atoms with Crippen molar-refractivity contribution in [2.45, 2.75) is 33.3 Å². The highest BCUT2D eigenvalue weighted by molar-refractivity contribution is 5.98. The third kappa shape index (κ3) is 6.26. The smallest absolute Gasteiger partial charge is 0.335 e. The summed E-state index contributed by atoms with van der Waals surface area (Å²) in [5.41, 5.74) is 0.445. The number of Topliss-reactive ketones (excluding diaryl/α,β-unsaturated/α-hetero) is 1. The first-order chi connectivity index (χ1) is 10.4. The molecule has 1 unspecified atom stereocenters. The first kappa shape index (κ1) is 18.2. The fourth-order valence-electron chi connectivity index (χ4n) is 1.68. The summed E-state index contributed by atoms with van der Waals surface area (Å²) < 4.78 is 15.4. The van der Waals surface area contributed by atoms with Crippen LogP contribution in [0.2, 0.25) is 0 Å². The lowest BCUT2D eigenvalue weighted by atomic mass is 10.1. The van der Waals surface area contributed by atoms with Crippen molar-refractivity contribution in [1.29, 1.82) is 0 Å². The van der Waals surface area contributed by atoms with Gasteiger partial charge in [0, 0.05) is 12.2 Å². The van der Waals surface area contributed by atoms with E-state index in [1.54, 1.807) is 31.2 Å². The predicted molar refractivity (Wildman–Crippen MR) is 83.2 cm³/mol. The van der Waals surface area contributed by atoms with Gasteiger partial charge in [-0.3, -0.25) is 4.79 Å². The van der Waals surface area contributed by atoms with Gasteiger partial charge in [0.2, 0.25) is 0 Å². The van der Waals surface area contributed by atoms with Crippen molar-refractivity contribution >= 4 is 11.8 Å². The van der Waals surface area contributed by atoms with Gasteiger partial charge in [-0.1, -0.05) is 26.0 Å². The quantitative estimate of drug-likeness (QED) is 0.518. The van der Waals surface area contributed by atoms with Gasteiger partial charge in [0.25, 0.3) is 0 Å². The van der Waals surface area contributed by atoms with Crippen molar-refractivity contribution in [3.05, 3.63) is 29.8 Å². The molecule has 0 N–H and O–H groups in total. The summed E-state index contributed by atoms with van der Waals surface area (Å²) in [4.78, 5) is 23.7. The molecule has 0 aliphatic rings. The summed E-state index contributed by atoms with van der Waals surface area (Å²) in [5.74, 6) is 0.294. The highest BCUT2D eigenvalue weighted by atomic mass is 16.6. The fraction of sp³-hybridized carbons (Fsp3) is 0.529. The van der Waals surface area contributed by atoms with Gasteiger partial charge in [-0.15, -0.1) is 0 Å². The molecule has 0 radical (unpaired) electrons. The van der Waals surface area contributed by atoms with Gasteiger partial charge in [-0.25, -0.2) is 4.79 Å². The molecular weight excluding hydrogens is 284 g/mol. The lowest BCUT2D eigenvalue weighted by Gasteiger charge is -2.13. The minimum Gasteiger partial charge on any atom is -0.497 e. The molecule has 22 heavy (non-hydrogen) atoms. The normalized spacial score (nSPS) is 12.0. The number of rotatable bonds is 9. The van der Waals surface area contributed by atoms with Crippen LogP contribution in [0.25, 0.3) is 0 Å². The van der Waals surface area contributed by atoms with E-state index in [1.807, 2.05) is 0 Å². The van der Waals surface area contributed by atoms with Crippen LogP contribution in [0.4, 0.5) is 0 Å². The maximum absolute atomic E-state index is 12.0. The monoisotopic (exact) mass is 308 g/mol. The van der Waals surface area contributed by atoms with Crippen molar-refractivity contribution in [2.24, 2.45) is 5.92 Å². The zero-order chi connectivity index (χ0) is 16.5. The Morgan fingerprint density at radius 2 is 1.91 bits per heavy atom. The molecule has 0 bridgehead atoms. The van der Waals surface area contributed by atoms with E-state index in [0.717, 1.165) is 6.42 Å². The molecule has 5 heteroatoms. The number of ketones is 1. The molecule has 0 spiro atoms. The molecule has 0 aliphatic heterocycles. The number of hydrogen-bond donors (Lipinski definition) is 0. The van der Waals surface area contributed by atoms with Gasteiger partial charge >= 0.3 is 5.97 Å². The van der Waals surface area contributed by atoms with E-state index >= 15 is 0 Å². The van der Waals surface area contributed by atoms with Gasteiger partial charge in [-0.05, 0) is 31.4 Å². The molecule has 5 nitrogen and oxygen atoms in total. The van der Waals surface area contributed by atoms with E-state index in [2.05, 4.69) is 13.8 Å². The first-order valence-electron chi connectivity index (χ1n) is 7.39. The fourth-order valence-corrected chi connectivity index (χ4v) is 1.68. The molecule has 1 rings (SSSR count). The molecular formula is C17H24O5.